The lowest BCUT2D eigenvalue weighted by molar-refractivity contribution is -0.145. The van der Waals surface area contributed by atoms with Gasteiger partial charge in [-0.15, -0.1) is 0 Å². The van der Waals surface area contributed by atoms with Crippen LogP contribution >= 0.6 is 0 Å². The summed E-state index contributed by atoms with van der Waals surface area (Å²) in [5, 5.41) is 4.27. The standard InChI is InChI=1S/C34H52F5NO5Si2/c1-9-10-13-16-23(44-46(3,4)5)19-20-25-24(27(40-42-2)21-28(25)45-47(6,7)8)17-14-11-12-15-18-29(41)43-22-26-30(35)32(37)34(39)33(38)31(26)36/h11,14,19-20,23-25,28H,9-10,12-13,15-18,21-22H2,1-8H3/b14-11-,20-19+,40-27+/t23-,24+,25+,28+/m0/s1/i12D2,15D2. The van der Waals surface area contributed by atoms with Crippen LogP contribution in [0.2, 0.25) is 39.3 Å². The Morgan fingerprint density at radius 2 is 1.62 bits per heavy atom. The summed E-state index contributed by atoms with van der Waals surface area (Å²) < 4.78 is 119. The highest BCUT2D eigenvalue weighted by Crippen LogP contribution is 2.38. The fourth-order valence-corrected chi connectivity index (χ4v) is 7.51. The van der Waals surface area contributed by atoms with Crippen LogP contribution in [0.5, 0.6) is 0 Å². The Bertz CT molecular complexity index is 1410. The average Bonchev–Trinajstić information content (AvgIpc) is 3.30. The quantitative estimate of drug-likeness (QED) is 0.0209. The Morgan fingerprint density at radius 3 is 2.19 bits per heavy atom. The normalized spacial score (nSPS) is 22.4. The maximum absolute atomic E-state index is 14.0. The van der Waals surface area contributed by atoms with E-state index in [1.165, 1.54) is 13.2 Å². The van der Waals surface area contributed by atoms with E-state index in [9.17, 15) is 26.7 Å². The summed E-state index contributed by atoms with van der Waals surface area (Å²) in [7, 11) is -2.48. The molecule has 1 aromatic rings. The number of rotatable bonds is 19. The van der Waals surface area contributed by atoms with Crippen molar-refractivity contribution in [2.45, 2.75) is 123 Å². The number of allylic oxidation sites excluding steroid dienone is 2. The van der Waals surface area contributed by atoms with E-state index in [-0.39, 0.29) is 30.5 Å². The van der Waals surface area contributed by atoms with Gasteiger partial charge in [-0.05, 0) is 64.9 Å². The van der Waals surface area contributed by atoms with E-state index >= 15 is 0 Å². The lowest BCUT2D eigenvalue weighted by atomic mass is 9.89. The first-order valence-corrected chi connectivity index (χ1v) is 22.7. The van der Waals surface area contributed by atoms with Crippen LogP contribution in [0, 0.1) is 40.9 Å². The molecule has 4 atom stereocenters. The number of nitrogens with zero attached hydrogens (tertiary/aromatic N) is 1. The summed E-state index contributed by atoms with van der Waals surface area (Å²) >= 11 is 0. The fourth-order valence-electron chi connectivity index (χ4n) is 5.26. The van der Waals surface area contributed by atoms with Crippen LogP contribution in [0.1, 0.15) is 75.7 Å². The van der Waals surface area contributed by atoms with Crippen LogP contribution < -0.4 is 0 Å². The first-order chi connectivity index (χ1) is 23.4. The summed E-state index contributed by atoms with van der Waals surface area (Å²) in [5.74, 6) is -13.1. The highest BCUT2D eigenvalue weighted by atomic mass is 28.4. The Morgan fingerprint density at radius 1 is 0.979 bits per heavy atom. The van der Waals surface area contributed by atoms with Gasteiger partial charge < -0.3 is 18.4 Å². The topological polar surface area (TPSA) is 66.3 Å². The van der Waals surface area contributed by atoms with Crippen molar-refractivity contribution in [3.05, 3.63) is 59.0 Å². The number of carbonyl (C=O) groups excluding carboxylic acids is 1. The van der Waals surface area contributed by atoms with Crippen LogP contribution in [0.25, 0.3) is 0 Å². The zero-order valence-corrected chi connectivity index (χ0v) is 30.7. The minimum Gasteiger partial charge on any atom is -0.461 e. The van der Waals surface area contributed by atoms with Crippen molar-refractivity contribution < 1.29 is 50.7 Å². The Balaban J connectivity index is 2.30. The van der Waals surface area contributed by atoms with E-state index in [1.807, 2.05) is 0 Å². The van der Waals surface area contributed by atoms with Gasteiger partial charge in [0.15, 0.2) is 39.9 Å². The molecule has 0 amide bonds. The van der Waals surface area contributed by atoms with Crippen LogP contribution in [-0.4, -0.2) is 47.6 Å². The van der Waals surface area contributed by atoms with Gasteiger partial charge in [0.2, 0.25) is 5.82 Å². The van der Waals surface area contributed by atoms with Crippen molar-refractivity contribution in [1.29, 1.82) is 0 Å². The molecule has 0 spiro atoms. The lowest BCUT2D eigenvalue weighted by Gasteiger charge is -2.29. The lowest BCUT2D eigenvalue weighted by Crippen LogP contribution is -2.35. The third-order valence-corrected chi connectivity index (χ3v) is 9.21. The van der Waals surface area contributed by atoms with Crippen molar-refractivity contribution in [1.82, 2.24) is 0 Å². The Hall–Kier alpha value is -2.36. The molecule has 1 aromatic carbocycles. The molecule has 0 bridgehead atoms. The molecule has 266 valence electrons. The minimum absolute atomic E-state index is 0.0921. The largest absolute Gasteiger partial charge is 0.461 e. The summed E-state index contributed by atoms with van der Waals surface area (Å²) in [4.78, 5) is 17.6. The molecule has 47 heavy (non-hydrogen) atoms. The second kappa shape index (κ2) is 19.0. The second-order valence-electron chi connectivity index (χ2n) is 13.4. The van der Waals surface area contributed by atoms with Crippen LogP contribution in [0.3, 0.4) is 0 Å². The minimum atomic E-state index is -2.89. The van der Waals surface area contributed by atoms with Crippen molar-refractivity contribution in [3.63, 3.8) is 0 Å². The van der Waals surface area contributed by atoms with Gasteiger partial charge in [-0.2, -0.15) is 0 Å². The summed E-state index contributed by atoms with van der Waals surface area (Å²) in [5.41, 5.74) is -0.707. The fraction of sp³-hybridized carbons (Fsp3) is 0.647. The van der Waals surface area contributed by atoms with Gasteiger partial charge >= 0.3 is 5.97 Å². The molecule has 1 aliphatic carbocycles. The number of carbonyl (C=O) groups is 1. The average molecular weight is 710 g/mol. The molecule has 1 saturated carbocycles. The Labute approximate surface area is 284 Å². The highest BCUT2D eigenvalue weighted by molar-refractivity contribution is 6.70. The molecule has 2 rings (SSSR count). The predicted octanol–water partition coefficient (Wildman–Crippen LogP) is 9.76. The first kappa shape index (κ1) is 34.5. The number of unbranched alkanes of at least 4 members (excludes halogenated alkanes) is 2. The maximum Gasteiger partial charge on any atom is 0.306 e. The summed E-state index contributed by atoms with van der Waals surface area (Å²) in [6.07, 6.45) is 4.18. The number of benzene rings is 1. The van der Waals surface area contributed by atoms with E-state index in [0.29, 0.717) is 12.1 Å². The molecule has 0 aliphatic heterocycles. The van der Waals surface area contributed by atoms with Gasteiger partial charge in [0.1, 0.15) is 13.7 Å². The molecule has 0 radical (unpaired) electrons. The monoisotopic (exact) mass is 709 g/mol. The van der Waals surface area contributed by atoms with E-state index in [4.69, 9.17) is 19.2 Å². The molecule has 6 nitrogen and oxygen atoms in total. The maximum atomic E-state index is 14.0. The summed E-state index contributed by atoms with van der Waals surface area (Å²) in [6.45, 7) is 13.4. The zero-order chi connectivity index (χ0) is 38.9. The molecule has 0 heterocycles. The van der Waals surface area contributed by atoms with Gasteiger partial charge in [-0.25, -0.2) is 22.0 Å². The molecule has 0 saturated heterocycles. The van der Waals surface area contributed by atoms with E-state index in [1.54, 1.807) is 0 Å². The highest BCUT2D eigenvalue weighted by Gasteiger charge is 2.42. The smallest absolute Gasteiger partial charge is 0.306 e. The third-order valence-electron chi connectivity index (χ3n) is 7.20. The van der Waals surface area contributed by atoms with Crippen LogP contribution in [0.15, 0.2) is 29.5 Å². The van der Waals surface area contributed by atoms with Gasteiger partial charge in [-0.3, -0.25) is 4.79 Å². The van der Waals surface area contributed by atoms with Crippen molar-refractivity contribution in [3.8, 4) is 0 Å². The van der Waals surface area contributed by atoms with E-state index in [2.05, 4.69) is 68.3 Å². The first-order valence-electron chi connectivity index (χ1n) is 17.9. The Kier molecular flexibility index (Phi) is 13.9. The van der Waals surface area contributed by atoms with E-state index in [0.717, 1.165) is 31.8 Å². The number of hydrogen-bond acceptors (Lipinski definition) is 6. The van der Waals surface area contributed by atoms with Gasteiger partial charge in [0.25, 0.3) is 0 Å². The van der Waals surface area contributed by atoms with Crippen molar-refractivity contribution in [2.75, 3.05) is 7.11 Å². The number of hydrogen-bond donors (Lipinski definition) is 0. The van der Waals surface area contributed by atoms with Crippen LogP contribution in [0.4, 0.5) is 22.0 Å². The van der Waals surface area contributed by atoms with E-state index < -0.39 is 83.0 Å². The van der Waals surface area contributed by atoms with Crippen molar-refractivity contribution in [2.24, 2.45) is 17.0 Å². The molecule has 1 aliphatic rings. The third kappa shape index (κ3) is 13.6. The molecule has 0 N–H and O–H groups in total. The number of esters is 1. The number of ether oxygens (including phenoxy) is 1. The molecular weight excluding hydrogens is 654 g/mol. The predicted molar refractivity (Wildman–Crippen MR) is 179 cm³/mol. The SMILES string of the molecule is [2H]C([2H])(/C=C\C[C@H]1/C(=N/OC)C[C@@H](O[Si](C)(C)C)[C@@H]1/C=C/[C@H](CCCCC)O[Si](C)(C)C)C([2H])([2H])CC(=O)OCc1c(F)c(F)c(F)c(F)c1F. The number of oxime groups is 1. The van der Waals surface area contributed by atoms with Crippen molar-refractivity contribution >= 4 is 28.3 Å². The van der Waals surface area contributed by atoms with Gasteiger partial charge in [0, 0.05) is 30.2 Å². The molecular formula is C34H52F5NO5Si2. The molecule has 0 aromatic heterocycles. The number of halogens is 5. The zero-order valence-electron chi connectivity index (χ0n) is 32.7. The van der Waals surface area contributed by atoms with Gasteiger partial charge in [0.05, 0.1) is 23.5 Å². The second-order valence-corrected chi connectivity index (χ2v) is 22.3. The molecule has 1 fully saturated rings. The molecule has 0 unspecified atom stereocenters. The molecule has 13 heteroatoms. The van der Waals surface area contributed by atoms with Gasteiger partial charge in [-0.1, -0.05) is 55.6 Å². The van der Waals surface area contributed by atoms with Crippen LogP contribution in [-0.2, 0) is 29.8 Å². The summed E-state index contributed by atoms with van der Waals surface area (Å²) in [6, 6.07) is 0.